The molecule has 4 heteroatoms. The van der Waals surface area contributed by atoms with Gasteiger partial charge >= 0.3 is 0 Å². The summed E-state index contributed by atoms with van der Waals surface area (Å²) in [6.07, 6.45) is 3.93. The largest absolute Gasteiger partial charge is 0.373 e. The Bertz CT molecular complexity index is 529. The van der Waals surface area contributed by atoms with Crippen LogP contribution in [0.4, 0.5) is 0 Å². The summed E-state index contributed by atoms with van der Waals surface area (Å²) >= 11 is 0. The average Bonchev–Trinajstić information content (AvgIpc) is 2.58. The number of aryl methyl sites for hydroxylation is 1. The molecule has 2 heterocycles. The number of carbonyl (C=O) groups is 1. The van der Waals surface area contributed by atoms with Crippen LogP contribution in [-0.2, 0) is 9.53 Å². The number of piperidine rings is 1. The van der Waals surface area contributed by atoms with Crippen LogP contribution in [0.25, 0.3) is 0 Å². The van der Waals surface area contributed by atoms with Crippen LogP contribution < -0.4 is 10.6 Å². The van der Waals surface area contributed by atoms with Crippen LogP contribution in [0.15, 0.2) is 24.3 Å². The molecule has 1 amide bonds. The number of ether oxygens (including phenoxy) is 1. The number of hydrogen-bond acceptors (Lipinski definition) is 3. The van der Waals surface area contributed by atoms with Crippen LogP contribution in [0, 0.1) is 12.8 Å². The van der Waals surface area contributed by atoms with Gasteiger partial charge in [-0.3, -0.25) is 4.79 Å². The molecule has 4 atom stereocenters. The predicted octanol–water partition coefficient (Wildman–Crippen LogP) is 2.72. The van der Waals surface area contributed by atoms with E-state index in [0.29, 0.717) is 6.04 Å². The van der Waals surface area contributed by atoms with Crippen LogP contribution in [0.2, 0.25) is 0 Å². The fourth-order valence-electron chi connectivity index (χ4n) is 3.67. The van der Waals surface area contributed by atoms with Crippen molar-refractivity contribution in [3.63, 3.8) is 0 Å². The van der Waals surface area contributed by atoms with Gasteiger partial charge in [-0.1, -0.05) is 29.8 Å². The Morgan fingerprint density at radius 2 is 2.00 bits per heavy atom. The summed E-state index contributed by atoms with van der Waals surface area (Å²) in [5.74, 6) is 0.0661. The summed E-state index contributed by atoms with van der Waals surface area (Å²) in [7, 11) is 0. The third kappa shape index (κ3) is 3.93. The van der Waals surface area contributed by atoms with Crippen LogP contribution in [-0.4, -0.2) is 31.1 Å². The van der Waals surface area contributed by atoms with Crippen molar-refractivity contribution >= 4 is 5.91 Å². The molecule has 4 unspecified atom stereocenters. The van der Waals surface area contributed by atoms with Gasteiger partial charge in [0.2, 0.25) is 5.91 Å². The fourth-order valence-corrected chi connectivity index (χ4v) is 3.67. The molecule has 1 aromatic rings. The molecule has 2 fully saturated rings. The van der Waals surface area contributed by atoms with E-state index in [0.717, 1.165) is 44.4 Å². The normalized spacial score (nSPS) is 31.6. The van der Waals surface area contributed by atoms with E-state index in [9.17, 15) is 4.79 Å². The van der Waals surface area contributed by atoms with Gasteiger partial charge in [0.05, 0.1) is 12.0 Å². The number of rotatable bonds is 3. The van der Waals surface area contributed by atoms with E-state index in [2.05, 4.69) is 48.7 Å². The van der Waals surface area contributed by atoms with Gasteiger partial charge in [0.15, 0.2) is 0 Å². The predicted molar refractivity (Wildman–Crippen MR) is 91.2 cm³/mol. The molecular formula is C19H28N2O2. The molecule has 1 aromatic carbocycles. The molecule has 23 heavy (non-hydrogen) atoms. The highest BCUT2D eigenvalue weighted by atomic mass is 16.5. The van der Waals surface area contributed by atoms with Crippen molar-refractivity contribution in [1.29, 1.82) is 0 Å². The van der Waals surface area contributed by atoms with E-state index >= 15 is 0 Å². The number of benzene rings is 1. The lowest BCUT2D eigenvalue weighted by atomic mass is 9.87. The Hall–Kier alpha value is -1.39. The first-order valence-electron chi connectivity index (χ1n) is 8.87. The lowest BCUT2D eigenvalue weighted by molar-refractivity contribution is -0.135. The molecule has 3 rings (SSSR count). The quantitative estimate of drug-likeness (QED) is 0.901. The Balaban J connectivity index is 1.70. The number of nitrogens with one attached hydrogen (secondary N) is 2. The second-order valence-electron chi connectivity index (χ2n) is 6.95. The van der Waals surface area contributed by atoms with Crippen molar-refractivity contribution < 1.29 is 9.53 Å². The highest BCUT2D eigenvalue weighted by molar-refractivity contribution is 5.80. The van der Waals surface area contributed by atoms with Gasteiger partial charge in [-0.05, 0) is 51.6 Å². The highest BCUT2D eigenvalue weighted by Crippen LogP contribution is 2.34. The number of hydrogen-bond donors (Lipinski definition) is 2. The average molecular weight is 316 g/mol. The summed E-state index contributed by atoms with van der Waals surface area (Å²) < 4.78 is 5.98. The molecule has 2 aliphatic rings. The molecule has 2 N–H and O–H groups in total. The zero-order valence-corrected chi connectivity index (χ0v) is 14.2. The summed E-state index contributed by atoms with van der Waals surface area (Å²) in [6, 6.07) is 8.95. The Morgan fingerprint density at radius 1 is 1.22 bits per heavy atom. The first kappa shape index (κ1) is 16.5. The second kappa shape index (κ2) is 7.45. The van der Waals surface area contributed by atoms with Crippen molar-refractivity contribution in [2.75, 3.05) is 13.2 Å². The van der Waals surface area contributed by atoms with Gasteiger partial charge in [0.25, 0.3) is 0 Å². The maximum absolute atomic E-state index is 12.8. The van der Waals surface area contributed by atoms with Crippen LogP contribution in [0.3, 0.4) is 0 Å². The molecule has 126 valence electrons. The van der Waals surface area contributed by atoms with Crippen molar-refractivity contribution in [3.8, 4) is 0 Å². The van der Waals surface area contributed by atoms with E-state index in [4.69, 9.17) is 4.74 Å². The molecular weight excluding hydrogens is 288 g/mol. The summed E-state index contributed by atoms with van der Waals surface area (Å²) in [5, 5.41) is 6.71. The van der Waals surface area contributed by atoms with Crippen molar-refractivity contribution in [1.82, 2.24) is 10.6 Å². The van der Waals surface area contributed by atoms with Crippen LogP contribution >= 0.6 is 0 Å². The minimum Gasteiger partial charge on any atom is -0.373 e. The van der Waals surface area contributed by atoms with Gasteiger partial charge in [-0.25, -0.2) is 0 Å². The minimum atomic E-state index is -0.115. The molecule has 0 radical (unpaired) electrons. The fraction of sp³-hybridized carbons (Fsp3) is 0.632. The summed E-state index contributed by atoms with van der Waals surface area (Å²) in [4.78, 5) is 12.8. The van der Waals surface area contributed by atoms with Crippen molar-refractivity contribution in [3.05, 3.63) is 35.4 Å². The summed E-state index contributed by atoms with van der Waals surface area (Å²) in [5.41, 5.74) is 2.35. The molecule has 2 aliphatic heterocycles. The smallest absolute Gasteiger partial charge is 0.226 e. The van der Waals surface area contributed by atoms with E-state index in [1.807, 2.05) is 0 Å². The monoisotopic (exact) mass is 316 g/mol. The third-order valence-corrected chi connectivity index (χ3v) is 5.15. The molecule has 0 spiro atoms. The van der Waals surface area contributed by atoms with Crippen molar-refractivity contribution in [2.45, 2.75) is 57.7 Å². The zero-order valence-electron chi connectivity index (χ0n) is 14.2. The van der Waals surface area contributed by atoms with Gasteiger partial charge in [-0.15, -0.1) is 0 Å². The molecule has 0 aliphatic carbocycles. The van der Waals surface area contributed by atoms with E-state index in [-0.39, 0.29) is 24.0 Å². The number of carbonyl (C=O) groups excluding carboxylic acids is 1. The Labute approximate surface area is 139 Å². The highest BCUT2D eigenvalue weighted by Gasteiger charge is 2.35. The van der Waals surface area contributed by atoms with E-state index < -0.39 is 0 Å². The minimum absolute atomic E-state index is 0.0828. The van der Waals surface area contributed by atoms with Gasteiger partial charge in [-0.2, -0.15) is 0 Å². The SMILES string of the molecule is Cc1ccc(C2OCCCC2C(=O)NC2CCCNC2C)cc1. The Morgan fingerprint density at radius 3 is 2.74 bits per heavy atom. The maximum Gasteiger partial charge on any atom is 0.226 e. The molecule has 0 bridgehead atoms. The van der Waals surface area contributed by atoms with Crippen molar-refractivity contribution in [2.24, 2.45) is 5.92 Å². The lowest BCUT2D eigenvalue weighted by Gasteiger charge is -2.35. The van der Waals surface area contributed by atoms with Gasteiger partial charge < -0.3 is 15.4 Å². The van der Waals surface area contributed by atoms with E-state index in [1.54, 1.807) is 0 Å². The Kier molecular flexibility index (Phi) is 5.34. The molecule has 0 aromatic heterocycles. The number of amides is 1. The summed E-state index contributed by atoms with van der Waals surface area (Å²) in [6.45, 7) is 6.02. The van der Waals surface area contributed by atoms with Gasteiger partial charge in [0.1, 0.15) is 0 Å². The first-order valence-corrected chi connectivity index (χ1v) is 8.87. The molecule has 4 nitrogen and oxygen atoms in total. The second-order valence-corrected chi connectivity index (χ2v) is 6.95. The third-order valence-electron chi connectivity index (χ3n) is 5.15. The topological polar surface area (TPSA) is 50.4 Å². The van der Waals surface area contributed by atoms with Crippen LogP contribution in [0.5, 0.6) is 0 Å². The maximum atomic E-state index is 12.8. The molecule has 0 saturated carbocycles. The molecule has 2 saturated heterocycles. The first-order chi connectivity index (χ1) is 11.1. The van der Waals surface area contributed by atoms with Gasteiger partial charge in [0, 0.05) is 18.7 Å². The lowest BCUT2D eigenvalue weighted by Crippen LogP contribution is -2.53. The van der Waals surface area contributed by atoms with E-state index in [1.165, 1.54) is 5.56 Å². The standard InChI is InChI=1S/C19H28N2O2/c1-13-7-9-15(10-8-13)18-16(5-4-12-23-18)19(22)21-17-6-3-11-20-14(17)2/h7-10,14,16-18,20H,3-6,11-12H2,1-2H3,(H,21,22). The zero-order chi connectivity index (χ0) is 16.2. The van der Waals surface area contributed by atoms with Crippen LogP contribution in [0.1, 0.15) is 49.8 Å².